The predicted octanol–water partition coefficient (Wildman–Crippen LogP) is 1.48. The van der Waals surface area contributed by atoms with E-state index >= 15 is 0 Å². The van der Waals surface area contributed by atoms with Crippen molar-refractivity contribution in [1.29, 1.82) is 0 Å². The molecule has 0 saturated heterocycles. The van der Waals surface area contributed by atoms with Crippen LogP contribution in [-0.2, 0) is 4.79 Å². The average Bonchev–Trinajstić information content (AvgIpc) is 2.76. The number of rotatable bonds is 8. The highest BCUT2D eigenvalue weighted by Crippen LogP contribution is 2.24. The van der Waals surface area contributed by atoms with Crippen molar-refractivity contribution in [3.05, 3.63) is 52.1 Å². The van der Waals surface area contributed by atoms with Gasteiger partial charge in [-0.2, -0.15) is 4.98 Å². The molecule has 3 aromatic rings. The molecule has 1 amide bonds. The molecule has 3 rings (SSSR count). The standard InChI is InChI=1S/C21H25N7O4/c1-11(4-9-16(29)30)24-19(31)13-5-7-14(8-6-13)28(3)12(2)15-10-23-18-17(25-15)20(32)27-21(22)26-18/h5-8,10-12H,4,9H2,1-3H3,(H,24,31)(H,29,30)(H3,22,23,26,27,32). The molecule has 5 N–H and O–H groups in total. The number of nitrogens with one attached hydrogen (secondary N) is 2. The van der Waals surface area contributed by atoms with E-state index in [0.29, 0.717) is 17.7 Å². The van der Waals surface area contributed by atoms with Crippen LogP contribution < -0.4 is 21.5 Å². The Labute approximate surface area is 183 Å². The Morgan fingerprint density at radius 3 is 2.56 bits per heavy atom. The number of aromatic amines is 1. The first-order valence-corrected chi connectivity index (χ1v) is 10.0. The van der Waals surface area contributed by atoms with E-state index in [-0.39, 0.29) is 41.5 Å². The van der Waals surface area contributed by atoms with Gasteiger partial charge in [-0.15, -0.1) is 0 Å². The molecule has 2 heterocycles. The van der Waals surface area contributed by atoms with Crippen LogP contribution in [0.15, 0.2) is 35.3 Å². The molecule has 0 aliphatic carbocycles. The van der Waals surface area contributed by atoms with Gasteiger partial charge in [0.1, 0.15) is 0 Å². The van der Waals surface area contributed by atoms with Gasteiger partial charge in [-0.3, -0.25) is 19.4 Å². The zero-order valence-electron chi connectivity index (χ0n) is 18.0. The smallest absolute Gasteiger partial charge is 0.303 e. The maximum Gasteiger partial charge on any atom is 0.303 e. The van der Waals surface area contributed by atoms with Crippen LogP contribution in [0.3, 0.4) is 0 Å². The number of amides is 1. The largest absolute Gasteiger partial charge is 0.481 e. The molecule has 2 unspecified atom stereocenters. The van der Waals surface area contributed by atoms with Gasteiger partial charge in [0.15, 0.2) is 11.2 Å². The van der Waals surface area contributed by atoms with Gasteiger partial charge < -0.3 is 21.1 Å². The highest BCUT2D eigenvalue weighted by molar-refractivity contribution is 5.94. The average molecular weight is 439 g/mol. The second kappa shape index (κ2) is 9.41. The van der Waals surface area contributed by atoms with Gasteiger partial charge in [0.2, 0.25) is 5.95 Å². The van der Waals surface area contributed by atoms with Crippen molar-refractivity contribution < 1.29 is 14.7 Å². The number of aromatic nitrogens is 4. The SMILES string of the molecule is CC(CCC(=O)O)NC(=O)c1ccc(N(C)C(C)c2cnc3nc(N)[nH]c(=O)c3n2)cc1. The lowest BCUT2D eigenvalue weighted by Crippen LogP contribution is -2.33. The lowest BCUT2D eigenvalue weighted by molar-refractivity contribution is -0.137. The lowest BCUT2D eigenvalue weighted by Gasteiger charge is -2.26. The highest BCUT2D eigenvalue weighted by atomic mass is 16.4. The minimum atomic E-state index is -0.895. The number of carboxylic acids is 1. The maximum atomic E-state index is 12.4. The summed E-state index contributed by atoms with van der Waals surface area (Å²) in [6, 6.07) is 6.52. The van der Waals surface area contributed by atoms with E-state index in [1.807, 2.05) is 18.9 Å². The van der Waals surface area contributed by atoms with Gasteiger partial charge in [0, 0.05) is 30.8 Å². The van der Waals surface area contributed by atoms with E-state index in [1.165, 1.54) is 0 Å². The van der Waals surface area contributed by atoms with Crippen LogP contribution in [0.5, 0.6) is 0 Å². The molecule has 2 atom stereocenters. The van der Waals surface area contributed by atoms with Gasteiger partial charge in [-0.05, 0) is 44.5 Å². The number of anilines is 2. The Kier molecular flexibility index (Phi) is 6.67. The topological polar surface area (TPSA) is 167 Å². The number of hydrogen-bond acceptors (Lipinski definition) is 8. The molecule has 11 heteroatoms. The van der Waals surface area contributed by atoms with Crippen molar-refractivity contribution in [3.8, 4) is 0 Å². The fourth-order valence-electron chi connectivity index (χ4n) is 3.14. The number of H-pyrrole nitrogens is 1. The molecule has 0 fully saturated rings. The van der Waals surface area contributed by atoms with E-state index in [9.17, 15) is 14.4 Å². The lowest BCUT2D eigenvalue weighted by atomic mass is 10.1. The fourth-order valence-corrected chi connectivity index (χ4v) is 3.14. The molecule has 2 aromatic heterocycles. The van der Waals surface area contributed by atoms with Crippen LogP contribution in [0.1, 0.15) is 48.8 Å². The van der Waals surface area contributed by atoms with Crippen molar-refractivity contribution in [3.63, 3.8) is 0 Å². The van der Waals surface area contributed by atoms with Crippen LogP contribution in [-0.4, -0.2) is 50.0 Å². The molecule has 0 aliphatic heterocycles. The third-order valence-corrected chi connectivity index (χ3v) is 5.17. The fraction of sp³-hybridized carbons (Fsp3) is 0.333. The first-order chi connectivity index (χ1) is 15.2. The molecule has 0 saturated carbocycles. The van der Waals surface area contributed by atoms with E-state index in [1.54, 1.807) is 37.4 Å². The zero-order valence-corrected chi connectivity index (χ0v) is 18.0. The van der Waals surface area contributed by atoms with Gasteiger partial charge in [-0.1, -0.05) is 0 Å². The Bertz CT molecular complexity index is 1190. The number of carbonyl (C=O) groups is 2. The summed E-state index contributed by atoms with van der Waals surface area (Å²) in [5.74, 6) is -1.18. The van der Waals surface area contributed by atoms with Crippen molar-refractivity contribution in [2.45, 2.75) is 38.8 Å². The number of nitrogens with zero attached hydrogens (tertiary/aromatic N) is 4. The quantitative estimate of drug-likeness (QED) is 0.406. The number of benzene rings is 1. The molecule has 0 bridgehead atoms. The second-order valence-electron chi connectivity index (χ2n) is 7.56. The first kappa shape index (κ1) is 22.7. The minimum Gasteiger partial charge on any atom is -0.481 e. The van der Waals surface area contributed by atoms with Gasteiger partial charge in [0.25, 0.3) is 11.5 Å². The van der Waals surface area contributed by atoms with Gasteiger partial charge >= 0.3 is 5.97 Å². The van der Waals surface area contributed by atoms with E-state index in [2.05, 4.69) is 25.3 Å². The summed E-state index contributed by atoms with van der Waals surface area (Å²) < 4.78 is 0. The molecule has 0 radical (unpaired) electrons. The highest BCUT2D eigenvalue weighted by Gasteiger charge is 2.17. The molecule has 32 heavy (non-hydrogen) atoms. The number of nitrogen functional groups attached to an aromatic ring is 1. The van der Waals surface area contributed by atoms with Crippen LogP contribution in [0.2, 0.25) is 0 Å². The van der Waals surface area contributed by atoms with Crippen molar-refractivity contribution in [2.75, 3.05) is 17.7 Å². The molecular weight excluding hydrogens is 414 g/mol. The van der Waals surface area contributed by atoms with E-state index in [4.69, 9.17) is 10.8 Å². The summed E-state index contributed by atoms with van der Waals surface area (Å²) >= 11 is 0. The number of carboxylic acid groups (broad SMARTS) is 1. The number of fused-ring (bicyclic) bond motifs is 1. The van der Waals surface area contributed by atoms with Crippen molar-refractivity contribution in [2.24, 2.45) is 0 Å². The third-order valence-electron chi connectivity index (χ3n) is 5.17. The summed E-state index contributed by atoms with van der Waals surface area (Å²) in [6.45, 7) is 3.68. The number of carbonyl (C=O) groups excluding carboxylic acids is 1. The molecular formula is C21H25N7O4. The van der Waals surface area contributed by atoms with Crippen molar-refractivity contribution >= 4 is 34.7 Å². The van der Waals surface area contributed by atoms with E-state index < -0.39 is 11.5 Å². The number of hydrogen-bond donors (Lipinski definition) is 4. The molecule has 1 aromatic carbocycles. The summed E-state index contributed by atoms with van der Waals surface area (Å²) in [4.78, 5) is 52.1. The molecule has 11 nitrogen and oxygen atoms in total. The Morgan fingerprint density at radius 2 is 1.91 bits per heavy atom. The summed E-state index contributed by atoms with van der Waals surface area (Å²) in [6.07, 6.45) is 1.91. The Balaban J connectivity index is 1.71. The molecule has 0 spiro atoms. The first-order valence-electron chi connectivity index (χ1n) is 10.0. The van der Waals surface area contributed by atoms with Crippen LogP contribution in [0.4, 0.5) is 11.6 Å². The monoisotopic (exact) mass is 439 g/mol. The Hall–Kier alpha value is -4.02. The minimum absolute atomic E-state index is 0.00392. The third kappa shape index (κ3) is 5.17. The van der Waals surface area contributed by atoms with Gasteiger partial charge in [0.05, 0.1) is 17.9 Å². The normalized spacial score (nSPS) is 12.8. The van der Waals surface area contributed by atoms with Gasteiger partial charge in [-0.25, -0.2) is 9.97 Å². The van der Waals surface area contributed by atoms with Crippen LogP contribution in [0.25, 0.3) is 11.2 Å². The van der Waals surface area contributed by atoms with Crippen LogP contribution in [0, 0.1) is 0 Å². The van der Waals surface area contributed by atoms with E-state index in [0.717, 1.165) is 5.69 Å². The molecule has 168 valence electrons. The second-order valence-corrected chi connectivity index (χ2v) is 7.56. The summed E-state index contributed by atoms with van der Waals surface area (Å²) in [5, 5.41) is 11.5. The number of aliphatic carboxylic acids is 1. The van der Waals surface area contributed by atoms with Crippen molar-refractivity contribution in [1.82, 2.24) is 25.3 Å². The predicted molar refractivity (Wildman–Crippen MR) is 119 cm³/mol. The zero-order chi connectivity index (χ0) is 23.4. The molecule has 0 aliphatic rings. The van der Waals surface area contributed by atoms with Crippen LogP contribution >= 0.6 is 0 Å². The maximum absolute atomic E-state index is 12.4. The number of nitrogens with two attached hydrogens (primary N) is 1. The summed E-state index contributed by atoms with van der Waals surface area (Å²) in [7, 11) is 1.87. The summed E-state index contributed by atoms with van der Waals surface area (Å²) in [5.41, 5.74) is 7.25. The Morgan fingerprint density at radius 1 is 1.22 bits per heavy atom.